The number of carbonyl (C=O) groups is 3. The molecule has 0 spiro atoms. The number of benzene rings is 4. The summed E-state index contributed by atoms with van der Waals surface area (Å²) in [4.78, 5) is 45.4. The molecule has 256 valence electrons. The van der Waals surface area contributed by atoms with E-state index in [2.05, 4.69) is 20.9 Å². The fourth-order valence-corrected chi connectivity index (χ4v) is 6.69. The lowest BCUT2D eigenvalue weighted by Gasteiger charge is -2.17. The number of methoxy groups -OCH3 is 2. The summed E-state index contributed by atoms with van der Waals surface area (Å²) in [7, 11) is 3.15. The van der Waals surface area contributed by atoms with Gasteiger partial charge in [0.25, 0.3) is 11.8 Å². The minimum Gasteiger partial charge on any atom is -0.493 e. The normalized spacial score (nSPS) is 11.7. The van der Waals surface area contributed by atoms with Gasteiger partial charge < -0.3 is 29.8 Å². The maximum absolute atomic E-state index is 13.7. The number of nitrogens with zero attached hydrogens (tertiary/aromatic N) is 1. The van der Waals surface area contributed by atoms with Gasteiger partial charge in [-0.15, -0.1) is 23.1 Å². The molecule has 0 aliphatic carbocycles. The molecule has 51 heavy (non-hydrogen) atoms. The number of nitrogens with one attached hydrogen (secondary N) is 3. The van der Waals surface area contributed by atoms with E-state index in [-0.39, 0.29) is 11.6 Å². The highest BCUT2D eigenvalue weighted by Crippen LogP contribution is 2.38. The molecule has 10 nitrogen and oxygen atoms in total. The van der Waals surface area contributed by atoms with Crippen LogP contribution in [-0.4, -0.2) is 36.9 Å². The Bertz CT molecular complexity index is 2130. The van der Waals surface area contributed by atoms with Crippen molar-refractivity contribution >= 4 is 57.7 Å². The van der Waals surface area contributed by atoms with Crippen molar-refractivity contribution in [3.63, 3.8) is 0 Å². The van der Waals surface area contributed by atoms with Crippen molar-refractivity contribution in [1.82, 2.24) is 10.3 Å². The molecule has 1 atom stereocenters. The average molecular weight is 717 g/mol. The van der Waals surface area contributed by atoms with E-state index in [0.29, 0.717) is 39.3 Å². The molecule has 6 rings (SSSR count). The Hall–Kier alpha value is -6.11. The van der Waals surface area contributed by atoms with E-state index in [1.54, 1.807) is 68.8 Å². The van der Waals surface area contributed by atoms with Crippen LogP contribution in [0.1, 0.15) is 26.9 Å². The molecule has 2 heterocycles. The van der Waals surface area contributed by atoms with E-state index in [1.165, 1.54) is 35.4 Å². The summed E-state index contributed by atoms with van der Waals surface area (Å²) >= 11 is 2.69. The van der Waals surface area contributed by atoms with Crippen LogP contribution in [-0.2, 0) is 9.59 Å². The zero-order valence-corrected chi connectivity index (χ0v) is 29.1. The topological polar surface area (TPSA) is 132 Å². The van der Waals surface area contributed by atoms with Crippen LogP contribution in [0.15, 0.2) is 142 Å². The largest absolute Gasteiger partial charge is 0.493 e. The van der Waals surface area contributed by atoms with E-state index in [1.807, 2.05) is 66.0 Å². The number of rotatable bonds is 13. The molecular weight excluding hydrogens is 685 g/mol. The van der Waals surface area contributed by atoms with Gasteiger partial charge in [0, 0.05) is 33.2 Å². The lowest BCUT2D eigenvalue weighted by atomic mass is 10.1. The predicted molar refractivity (Wildman–Crippen MR) is 200 cm³/mol. The Labute approximate surface area is 302 Å². The molecule has 3 amide bonds. The van der Waals surface area contributed by atoms with Crippen LogP contribution in [0.3, 0.4) is 0 Å². The standard InChI is InChI=1S/C39H32N4O6S2/c1-47-33-20-15-27(22-34(33)48-2)32-24-50-39(42-32)43-38(46)35(25-10-5-3-6-11-25)51-30-18-16-28(17-19-30)40-37(45)31(23-29-14-9-21-49-29)41-36(44)26-12-7-4-8-13-26/h3-24,35H,1-2H3,(H,40,45)(H,41,44)(H,42,43,46)/b31-23-. The Kier molecular flexibility index (Phi) is 11.3. The molecule has 3 N–H and O–H groups in total. The van der Waals surface area contributed by atoms with Crippen LogP contribution in [0.4, 0.5) is 10.8 Å². The lowest BCUT2D eigenvalue weighted by molar-refractivity contribution is -0.116. The highest BCUT2D eigenvalue weighted by Gasteiger charge is 2.24. The van der Waals surface area contributed by atoms with Gasteiger partial charge in [0.05, 0.1) is 26.2 Å². The van der Waals surface area contributed by atoms with E-state index in [4.69, 9.17) is 13.9 Å². The monoisotopic (exact) mass is 716 g/mol. The number of amides is 3. The molecule has 0 aliphatic heterocycles. The van der Waals surface area contributed by atoms with Gasteiger partial charge in [-0.05, 0) is 72.3 Å². The minimum absolute atomic E-state index is 0.00883. The molecule has 1 unspecified atom stereocenters. The number of hydrogen-bond donors (Lipinski definition) is 3. The molecule has 0 bridgehead atoms. The molecule has 2 aromatic heterocycles. The van der Waals surface area contributed by atoms with E-state index in [0.717, 1.165) is 16.0 Å². The van der Waals surface area contributed by atoms with Gasteiger partial charge in [-0.3, -0.25) is 14.4 Å². The highest BCUT2D eigenvalue weighted by atomic mass is 32.2. The number of thiazole rings is 1. The summed E-state index contributed by atoms with van der Waals surface area (Å²) in [6.07, 6.45) is 2.94. The second-order valence-electron chi connectivity index (χ2n) is 10.9. The van der Waals surface area contributed by atoms with Crippen molar-refractivity contribution in [3.8, 4) is 22.8 Å². The Balaban J connectivity index is 1.15. The van der Waals surface area contributed by atoms with Gasteiger partial charge in [0.2, 0.25) is 5.91 Å². The number of carbonyl (C=O) groups excluding carboxylic acids is 3. The Morgan fingerprint density at radius 2 is 1.55 bits per heavy atom. The first-order valence-electron chi connectivity index (χ1n) is 15.6. The third kappa shape index (κ3) is 8.93. The number of anilines is 2. The summed E-state index contributed by atoms with van der Waals surface area (Å²) in [5.74, 6) is 0.394. The van der Waals surface area contributed by atoms with Gasteiger partial charge in [0.15, 0.2) is 16.6 Å². The summed E-state index contributed by atoms with van der Waals surface area (Å²) < 4.78 is 16.1. The van der Waals surface area contributed by atoms with E-state index in [9.17, 15) is 14.4 Å². The van der Waals surface area contributed by atoms with Crippen LogP contribution in [0.5, 0.6) is 11.5 Å². The van der Waals surface area contributed by atoms with Crippen LogP contribution in [0, 0.1) is 0 Å². The predicted octanol–water partition coefficient (Wildman–Crippen LogP) is 8.30. The summed E-state index contributed by atoms with van der Waals surface area (Å²) in [6, 6.07) is 34.1. The van der Waals surface area contributed by atoms with Crippen LogP contribution >= 0.6 is 23.1 Å². The van der Waals surface area contributed by atoms with Gasteiger partial charge in [-0.25, -0.2) is 4.98 Å². The van der Waals surface area contributed by atoms with Crippen molar-refractivity contribution in [3.05, 3.63) is 149 Å². The van der Waals surface area contributed by atoms with Gasteiger partial charge in [-0.2, -0.15) is 0 Å². The second-order valence-corrected chi connectivity index (χ2v) is 12.9. The van der Waals surface area contributed by atoms with Gasteiger partial charge in [0.1, 0.15) is 16.7 Å². The second kappa shape index (κ2) is 16.5. The summed E-state index contributed by atoms with van der Waals surface area (Å²) in [5.41, 5.74) is 3.25. The third-order valence-corrected chi connectivity index (χ3v) is 9.50. The van der Waals surface area contributed by atoms with Crippen molar-refractivity contribution in [2.75, 3.05) is 24.9 Å². The average Bonchev–Trinajstić information content (AvgIpc) is 3.87. The first-order valence-corrected chi connectivity index (χ1v) is 17.4. The highest BCUT2D eigenvalue weighted by molar-refractivity contribution is 8.00. The van der Waals surface area contributed by atoms with E-state index < -0.39 is 17.1 Å². The fraction of sp³-hybridized carbons (Fsp3) is 0.0769. The lowest BCUT2D eigenvalue weighted by Crippen LogP contribution is -2.30. The molecule has 4 aromatic carbocycles. The van der Waals surface area contributed by atoms with E-state index >= 15 is 0 Å². The third-order valence-electron chi connectivity index (χ3n) is 7.48. The number of ether oxygens (including phenoxy) is 2. The SMILES string of the molecule is COc1ccc(-c2csc(NC(=O)C(Sc3ccc(NC(=O)/C(=C/c4ccco4)NC(=O)c4ccccc4)cc3)c3ccccc3)n2)cc1OC. The molecule has 12 heteroatoms. The van der Waals surface area contributed by atoms with Crippen molar-refractivity contribution in [2.24, 2.45) is 0 Å². The maximum Gasteiger partial charge on any atom is 0.272 e. The van der Waals surface area contributed by atoms with Crippen LogP contribution < -0.4 is 25.4 Å². The van der Waals surface area contributed by atoms with Crippen molar-refractivity contribution in [2.45, 2.75) is 10.1 Å². The van der Waals surface area contributed by atoms with Crippen molar-refractivity contribution < 1.29 is 28.3 Å². The Morgan fingerprint density at radius 3 is 2.24 bits per heavy atom. The Morgan fingerprint density at radius 1 is 0.824 bits per heavy atom. The van der Waals surface area contributed by atoms with Gasteiger partial charge in [-0.1, -0.05) is 48.5 Å². The van der Waals surface area contributed by atoms with Crippen LogP contribution in [0.2, 0.25) is 0 Å². The number of aromatic nitrogens is 1. The smallest absolute Gasteiger partial charge is 0.272 e. The summed E-state index contributed by atoms with van der Waals surface area (Å²) in [5, 5.41) is 10.2. The zero-order valence-electron chi connectivity index (χ0n) is 27.5. The number of hydrogen-bond acceptors (Lipinski definition) is 9. The zero-order chi connectivity index (χ0) is 35.6. The fourth-order valence-electron chi connectivity index (χ4n) is 4.94. The first kappa shape index (κ1) is 34.7. The molecule has 0 saturated carbocycles. The van der Waals surface area contributed by atoms with Crippen LogP contribution in [0.25, 0.3) is 17.3 Å². The minimum atomic E-state index is -0.601. The molecular formula is C39H32N4O6S2. The molecule has 0 radical (unpaired) electrons. The molecule has 0 fully saturated rings. The molecule has 0 aliphatic rings. The first-order chi connectivity index (χ1) is 24.9. The number of furan rings is 1. The molecule has 0 saturated heterocycles. The summed E-state index contributed by atoms with van der Waals surface area (Å²) in [6.45, 7) is 0. The maximum atomic E-state index is 13.7. The molecule has 6 aromatic rings. The number of thioether (sulfide) groups is 1. The quantitative estimate of drug-likeness (QED) is 0.0804. The van der Waals surface area contributed by atoms with Crippen molar-refractivity contribution in [1.29, 1.82) is 0 Å². The van der Waals surface area contributed by atoms with Gasteiger partial charge >= 0.3 is 0 Å².